The molecule has 0 bridgehead atoms. The van der Waals surface area contributed by atoms with Crippen LogP contribution in [0.5, 0.6) is 5.75 Å². The summed E-state index contributed by atoms with van der Waals surface area (Å²) in [7, 11) is 1.75. The van der Waals surface area contributed by atoms with Crippen LogP contribution < -0.4 is 9.64 Å². The first kappa shape index (κ1) is 19.0. The highest BCUT2D eigenvalue weighted by atomic mass is 32.1. The first-order valence-electron chi connectivity index (χ1n) is 8.14. The zero-order valence-electron chi connectivity index (χ0n) is 14.7. The fourth-order valence-electron chi connectivity index (χ4n) is 2.58. The molecule has 1 aromatic carbocycles. The molecule has 0 unspecified atom stereocenters. The van der Waals surface area contributed by atoms with Crippen LogP contribution in [-0.2, 0) is 16.0 Å². The number of ether oxygens (including phenoxy) is 1. The van der Waals surface area contributed by atoms with E-state index in [1.165, 1.54) is 15.3 Å². The van der Waals surface area contributed by atoms with Crippen LogP contribution in [-0.4, -0.2) is 30.6 Å². The molecule has 0 aliphatic heterocycles. The van der Waals surface area contributed by atoms with Gasteiger partial charge in [0, 0.05) is 28.9 Å². The smallest absolute Gasteiger partial charge is 0.341 e. The van der Waals surface area contributed by atoms with E-state index in [-0.39, 0.29) is 12.5 Å². The first-order chi connectivity index (χ1) is 11.9. The first-order valence-corrected chi connectivity index (χ1v) is 8.95. The normalized spacial score (nSPS) is 10.5. The average Bonchev–Trinajstić information content (AvgIpc) is 2.90. The molecule has 2 aromatic rings. The Morgan fingerprint density at radius 1 is 1.20 bits per heavy atom. The number of hydrogen-bond donors (Lipinski definition) is 1. The van der Waals surface area contributed by atoms with Crippen LogP contribution >= 0.6 is 11.3 Å². The topological polar surface area (TPSA) is 66.8 Å². The fourth-order valence-corrected chi connectivity index (χ4v) is 3.56. The number of nitrogens with zero attached hydrogens (tertiary/aromatic N) is 1. The Labute approximate surface area is 151 Å². The number of carboxylic acid groups (broad SMARTS) is 1. The number of thiophene rings is 1. The van der Waals surface area contributed by atoms with Crippen molar-refractivity contribution in [3.05, 3.63) is 45.6 Å². The van der Waals surface area contributed by atoms with Crippen molar-refractivity contribution in [3.63, 3.8) is 0 Å². The molecule has 0 aliphatic carbocycles. The lowest BCUT2D eigenvalue weighted by molar-refractivity contribution is -0.139. The lowest BCUT2D eigenvalue weighted by Crippen LogP contribution is -2.25. The van der Waals surface area contributed by atoms with E-state index in [0.717, 1.165) is 18.5 Å². The van der Waals surface area contributed by atoms with E-state index < -0.39 is 5.97 Å². The summed E-state index contributed by atoms with van der Waals surface area (Å²) in [6, 6.07) is 9.03. The molecule has 0 saturated heterocycles. The van der Waals surface area contributed by atoms with Crippen LogP contribution in [0.4, 0.5) is 5.69 Å². The molecule has 0 atom stereocenters. The predicted octanol–water partition coefficient (Wildman–Crippen LogP) is 3.81. The van der Waals surface area contributed by atoms with Gasteiger partial charge in [0.15, 0.2) is 6.61 Å². The van der Waals surface area contributed by atoms with Gasteiger partial charge < -0.3 is 14.7 Å². The molecule has 0 spiro atoms. The molecule has 2 rings (SSSR count). The summed E-state index contributed by atoms with van der Waals surface area (Å²) in [5, 5.41) is 8.60. The van der Waals surface area contributed by atoms with E-state index in [2.05, 4.69) is 19.9 Å². The van der Waals surface area contributed by atoms with E-state index in [1.807, 2.05) is 0 Å². The number of anilines is 1. The van der Waals surface area contributed by atoms with Gasteiger partial charge in [0.1, 0.15) is 5.75 Å². The van der Waals surface area contributed by atoms with Crippen LogP contribution in [0.1, 0.15) is 28.2 Å². The Hall–Kier alpha value is -2.34. The summed E-state index contributed by atoms with van der Waals surface area (Å²) in [5.41, 5.74) is 2.09. The second-order valence-electron chi connectivity index (χ2n) is 5.92. The monoisotopic (exact) mass is 361 g/mol. The number of amides is 1. The van der Waals surface area contributed by atoms with E-state index in [0.29, 0.717) is 12.2 Å². The zero-order chi connectivity index (χ0) is 18.4. The third-order valence-electron chi connectivity index (χ3n) is 3.94. The van der Waals surface area contributed by atoms with Gasteiger partial charge in [-0.3, -0.25) is 4.79 Å². The molecule has 0 radical (unpaired) electrons. The highest BCUT2D eigenvalue weighted by Crippen LogP contribution is 2.23. The molecule has 1 heterocycles. The van der Waals surface area contributed by atoms with Crippen molar-refractivity contribution in [1.82, 2.24) is 0 Å². The molecule has 0 saturated carbocycles. The van der Waals surface area contributed by atoms with E-state index in [4.69, 9.17) is 9.84 Å². The van der Waals surface area contributed by atoms with Crippen LogP contribution in [0, 0.1) is 13.8 Å². The summed E-state index contributed by atoms with van der Waals surface area (Å²) >= 11 is 1.79. The van der Waals surface area contributed by atoms with E-state index in [9.17, 15) is 9.59 Å². The van der Waals surface area contributed by atoms with Gasteiger partial charge in [-0.1, -0.05) is 0 Å². The molecule has 134 valence electrons. The third-order valence-corrected chi connectivity index (χ3v) is 4.95. The van der Waals surface area contributed by atoms with Crippen molar-refractivity contribution in [2.45, 2.75) is 33.1 Å². The maximum atomic E-state index is 12.3. The molecule has 0 fully saturated rings. The van der Waals surface area contributed by atoms with Crippen LogP contribution in [0.25, 0.3) is 0 Å². The Morgan fingerprint density at radius 2 is 1.88 bits per heavy atom. The minimum Gasteiger partial charge on any atom is -0.482 e. The molecule has 1 amide bonds. The standard InChI is InChI=1S/C19H23NO4S/c1-13-11-15(14(2)25-13)5-4-6-18(21)20(3)16-7-9-17(10-8-16)24-12-19(22)23/h7-11H,4-6,12H2,1-3H3,(H,22,23). The number of carbonyl (C=O) groups is 2. The Kier molecular flexibility index (Phi) is 6.58. The molecule has 1 aromatic heterocycles. The average molecular weight is 361 g/mol. The van der Waals surface area contributed by atoms with Gasteiger partial charge in [-0.15, -0.1) is 11.3 Å². The molecule has 25 heavy (non-hydrogen) atoms. The Bertz CT molecular complexity index is 736. The van der Waals surface area contributed by atoms with Crippen molar-refractivity contribution in [1.29, 1.82) is 0 Å². The van der Waals surface area contributed by atoms with E-state index >= 15 is 0 Å². The largest absolute Gasteiger partial charge is 0.482 e. The zero-order valence-corrected chi connectivity index (χ0v) is 15.6. The highest BCUT2D eigenvalue weighted by Gasteiger charge is 2.12. The number of benzene rings is 1. The number of carboxylic acids is 1. The van der Waals surface area contributed by atoms with Crippen LogP contribution in [0.2, 0.25) is 0 Å². The summed E-state index contributed by atoms with van der Waals surface area (Å²) < 4.78 is 5.09. The number of aliphatic carboxylic acids is 1. The van der Waals surface area contributed by atoms with Gasteiger partial charge in [-0.2, -0.15) is 0 Å². The molecule has 6 heteroatoms. The number of rotatable bonds is 8. The number of hydrogen-bond acceptors (Lipinski definition) is 4. The Balaban J connectivity index is 1.84. The number of aryl methyl sites for hydroxylation is 3. The summed E-state index contributed by atoms with van der Waals surface area (Å²) in [5.74, 6) is -0.494. The van der Waals surface area contributed by atoms with Gasteiger partial charge in [-0.05, 0) is 62.6 Å². The summed E-state index contributed by atoms with van der Waals surface area (Å²) in [6.07, 6.45) is 2.22. The Morgan fingerprint density at radius 3 is 2.44 bits per heavy atom. The number of carbonyl (C=O) groups excluding carboxylic acids is 1. The fraction of sp³-hybridized carbons (Fsp3) is 0.368. The third kappa shape index (κ3) is 5.60. The van der Waals surface area contributed by atoms with Gasteiger partial charge in [0.05, 0.1) is 0 Å². The van der Waals surface area contributed by atoms with Crippen molar-refractivity contribution in [2.24, 2.45) is 0 Å². The quantitative estimate of drug-likeness (QED) is 0.776. The molecular formula is C19H23NO4S. The summed E-state index contributed by atoms with van der Waals surface area (Å²) in [4.78, 5) is 27.1. The lowest BCUT2D eigenvalue weighted by Gasteiger charge is -2.17. The van der Waals surface area contributed by atoms with Gasteiger partial charge in [0.25, 0.3) is 0 Å². The predicted molar refractivity (Wildman–Crippen MR) is 99.7 cm³/mol. The van der Waals surface area contributed by atoms with Gasteiger partial charge >= 0.3 is 5.97 Å². The lowest BCUT2D eigenvalue weighted by atomic mass is 10.1. The van der Waals surface area contributed by atoms with Crippen LogP contribution in [0.15, 0.2) is 30.3 Å². The van der Waals surface area contributed by atoms with Gasteiger partial charge in [-0.25, -0.2) is 4.79 Å². The van der Waals surface area contributed by atoms with E-state index in [1.54, 1.807) is 47.5 Å². The maximum Gasteiger partial charge on any atom is 0.341 e. The second kappa shape index (κ2) is 8.67. The van der Waals surface area contributed by atoms with Crippen molar-refractivity contribution in [2.75, 3.05) is 18.6 Å². The minimum atomic E-state index is -1.02. The van der Waals surface area contributed by atoms with Crippen molar-refractivity contribution < 1.29 is 19.4 Å². The highest BCUT2D eigenvalue weighted by molar-refractivity contribution is 7.12. The molecule has 0 aliphatic rings. The van der Waals surface area contributed by atoms with Gasteiger partial charge in [0.2, 0.25) is 5.91 Å². The van der Waals surface area contributed by atoms with Crippen LogP contribution in [0.3, 0.4) is 0 Å². The van der Waals surface area contributed by atoms with Crippen molar-refractivity contribution in [3.8, 4) is 5.75 Å². The summed E-state index contributed by atoms with van der Waals surface area (Å²) in [6.45, 7) is 3.84. The maximum absolute atomic E-state index is 12.3. The molecule has 5 nitrogen and oxygen atoms in total. The molecular weight excluding hydrogens is 338 g/mol. The molecule has 1 N–H and O–H groups in total. The minimum absolute atomic E-state index is 0.0591. The van der Waals surface area contributed by atoms with Crippen molar-refractivity contribution >= 4 is 28.9 Å². The SMILES string of the molecule is Cc1cc(CCCC(=O)N(C)c2ccc(OCC(=O)O)cc2)c(C)s1. The second-order valence-corrected chi connectivity index (χ2v) is 7.38.